The number of ether oxygens (including phenoxy) is 1. The van der Waals surface area contributed by atoms with Crippen LogP contribution < -0.4 is 10.1 Å². The fourth-order valence-electron chi connectivity index (χ4n) is 2.27. The third-order valence-electron chi connectivity index (χ3n) is 3.33. The van der Waals surface area contributed by atoms with Gasteiger partial charge in [0.25, 0.3) is 5.91 Å². The summed E-state index contributed by atoms with van der Waals surface area (Å²) in [6, 6.07) is 9.48. The highest BCUT2D eigenvalue weighted by Crippen LogP contribution is 2.41. The summed E-state index contributed by atoms with van der Waals surface area (Å²) < 4.78 is 7.90. The molecule has 112 valence electrons. The SMILES string of the molecule is COc1ccc(Br)c(/C=C2\C(=O)Nc3c(Br)cc(Br)cc32)c1. The molecule has 0 spiro atoms. The van der Waals surface area contributed by atoms with Crippen molar-refractivity contribution in [2.45, 2.75) is 0 Å². The Bertz CT molecular complexity index is 815. The first kappa shape index (κ1) is 15.8. The zero-order chi connectivity index (χ0) is 15.9. The topological polar surface area (TPSA) is 38.3 Å². The monoisotopic (exact) mass is 485 g/mol. The van der Waals surface area contributed by atoms with Gasteiger partial charge in [0.05, 0.1) is 12.8 Å². The van der Waals surface area contributed by atoms with Gasteiger partial charge in [-0.25, -0.2) is 0 Å². The second-order valence-corrected chi connectivity index (χ2v) is 7.33. The zero-order valence-electron chi connectivity index (χ0n) is 11.4. The van der Waals surface area contributed by atoms with E-state index in [4.69, 9.17) is 4.74 Å². The third kappa shape index (κ3) is 2.87. The number of hydrogen-bond donors (Lipinski definition) is 1. The molecule has 1 aliphatic rings. The van der Waals surface area contributed by atoms with Crippen LogP contribution in [0.5, 0.6) is 5.75 Å². The molecule has 1 aliphatic heterocycles. The minimum Gasteiger partial charge on any atom is -0.497 e. The first-order valence-electron chi connectivity index (χ1n) is 6.35. The van der Waals surface area contributed by atoms with Gasteiger partial charge in [0.2, 0.25) is 0 Å². The van der Waals surface area contributed by atoms with Gasteiger partial charge in [-0.1, -0.05) is 31.9 Å². The minimum atomic E-state index is -0.122. The van der Waals surface area contributed by atoms with E-state index in [1.807, 2.05) is 36.4 Å². The van der Waals surface area contributed by atoms with Crippen molar-refractivity contribution in [2.75, 3.05) is 12.4 Å². The second kappa shape index (κ2) is 6.18. The van der Waals surface area contributed by atoms with Crippen LogP contribution in [0.3, 0.4) is 0 Å². The molecule has 0 saturated carbocycles. The Labute approximate surface area is 153 Å². The van der Waals surface area contributed by atoms with Gasteiger partial charge in [-0.3, -0.25) is 4.79 Å². The number of anilines is 1. The number of halogens is 3. The van der Waals surface area contributed by atoms with Crippen LogP contribution in [0.1, 0.15) is 11.1 Å². The Morgan fingerprint density at radius 1 is 1.09 bits per heavy atom. The van der Waals surface area contributed by atoms with E-state index in [0.717, 1.165) is 36.0 Å². The van der Waals surface area contributed by atoms with Gasteiger partial charge in [-0.15, -0.1) is 0 Å². The summed E-state index contributed by atoms with van der Waals surface area (Å²) in [7, 11) is 1.62. The number of nitrogens with one attached hydrogen (secondary N) is 1. The van der Waals surface area contributed by atoms with Gasteiger partial charge >= 0.3 is 0 Å². The lowest BCUT2D eigenvalue weighted by atomic mass is 10.0. The molecular weight excluding hydrogens is 478 g/mol. The highest BCUT2D eigenvalue weighted by Gasteiger charge is 2.26. The molecule has 22 heavy (non-hydrogen) atoms. The molecule has 3 rings (SSSR count). The number of carbonyl (C=O) groups excluding carboxylic acids is 1. The van der Waals surface area contributed by atoms with Crippen molar-refractivity contribution in [3.8, 4) is 5.75 Å². The van der Waals surface area contributed by atoms with Gasteiger partial charge in [0.1, 0.15) is 5.75 Å². The lowest BCUT2D eigenvalue weighted by Gasteiger charge is -2.05. The number of amides is 1. The Balaban J connectivity index is 2.16. The predicted molar refractivity (Wildman–Crippen MR) is 99.0 cm³/mol. The van der Waals surface area contributed by atoms with Crippen LogP contribution in [0.25, 0.3) is 11.6 Å². The highest BCUT2D eigenvalue weighted by atomic mass is 79.9. The lowest BCUT2D eigenvalue weighted by Crippen LogP contribution is -2.03. The van der Waals surface area contributed by atoms with Crippen molar-refractivity contribution in [3.63, 3.8) is 0 Å². The number of hydrogen-bond acceptors (Lipinski definition) is 2. The number of carbonyl (C=O) groups is 1. The molecule has 2 aromatic rings. The summed E-state index contributed by atoms with van der Waals surface area (Å²) in [6.07, 6.45) is 1.85. The number of methoxy groups -OCH3 is 1. The van der Waals surface area contributed by atoms with Crippen LogP contribution in [0.4, 0.5) is 5.69 Å². The van der Waals surface area contributed by atoms with Crippen molar-refractivity contribution >= 4 is 71.0 Å². The molecule has 6 heteroatoms. The third-order valence-corrected chi connectivity index (χ3v) is 5.14. The normalized spacial score (nSPS) is 14.9. The fraction of sp³-hybridized carbons (Fsp3) is 0.0625. The summed E-state index contributed by atoms with van der Waals surface area (Å²) in [6.45, 7) is 0. The summed E-state index contributed by atoms with van der Waals surface area (Å²) in [5, 5.41) is 2.89. The van der Waals surface area contributed by atoms with Crippen LogP contribution >= 0.6 is 47.8 Å². The second-order valence-electron chi connectivity index (χ2n) is 4.71. The molecule has 0 aromatic heterocycles. The molecule has 0 saturated heterocycles. The van der Waals surface area contributed by atoms with Crippen molar-refractivity contribution in [2.24, 2.45) is 0 Å². The first-order chi connectivity index (χ1) is 10.5. The standard InChI is InChI=1S/C16H10Br3NO2/c1-22-10-2-3-13(18)8(4-10)5-12-11-6-9(17)7-14(19)15(11)20-16(12)21/h2-7H,1H3,(H,20,21)/b12-5-. The molecule has 0 atom stereocenters. The fourth-order valence-corrected chi connectivity index (χ4v) is 3.96. The Kier molecular flexibility index (Phi) is 4.43. The van der Waals surface area contributed by atoms with E-state index in [1.165, 1.54) is 0 Å². The maximum absolute atomic E-state index is 12.3. The molecule has 3 nitrogen and oxygen atoms in total. The highest BCUT2D eigenvalue weighted by molar-refractivity contribution is 9.11. The zero-order valence-corrected chi connectivity index (χ0v) is 16.2. The summed E-state index contributed by atoms with van der Waals surface area (Å²) in [5.74, 6) is 0.618. The molecular formula is C16H10Br3NO2. The van der Waals surface area contributed by atoms with Gasteiger partial charge in [-0.2, -0.15) is 0 Å². The Morgan fingerprint density at radius 3 is 2.59 bits per heavy atom. The molecule has 2 aromatic carbocycles. The molecule has 1 amide bonds. The van der Waals surface area contributed by atoms with E-state index >= 15 is 0 Å². The van der Waals surface area contributed by atoms with Crippen molar-refractivity contribution < 1.29 is 9.53 Å². The van der Waals surface area contributed by atoms with Gasteiger partial charge in [-0.05, 0) is 57.9 Å². The molecule has 0 bridgehead atoms. The largest absolute Gasteiger partial charge is 0.497 e. The van der Waals surface area contributed by atoms with E-state index in [-0.39, 0.29) is 5.91 Å². The smallest absolute Gasteiger partial charge is 0.256 e. The average Bonchev–Trinajstić information content (AvgIpc) is 2.78. The average molecular weight is 488 g/mol. The van der Waals surface area contributed by atoms with Gasteiger partial charge in [0, 0.05) is 24.6 Å². The maximum Gasteiger partial charge on any atom is 0.256 e. The van der Waals surface area contributed by atoms with Crippen molar-refractivity contribution in [1.29, 1.82) is 0 Å². The molecule has 0 fully saturated rings. The summed E-state index contributed by atoms with van der Waals surface area (Å²) in [5.41, 5.74) is 3.15. The maximum atomic E-state index is 12.3. The number of rotatable bonds is 2. The number of fused-ring (bicyclic) bond motifs is 1. The van der Waals surface area contributed by atoms with Crippen LogP contribution in [-0.2, 0) is 4.79 Å². The summed E-state index contributed by atoms with van der Waals surface area (Å²) >= 11 is 10.4. The molecule has 1 heterocycles. The van der Waals surface area contributed by atoms with E-state index in [2.05, 4.69) is 53.1 Å². The Hall–Kier alpha value is -1.11. The Morgan fingerprint density at radius 2 is 1.86 bits per heavy atom. The molecule has 0 radical (unpaired) electrons. The number of benzene rings is 2. The summed E-state index contributed by atoms with van der Waals surface area (Å²) in [4.78, 5) is 12.3. The van der Waals surface area contributed by atoms with E-state index in [9.17, 15) is 4.79 Å². The van der Waals surface area contributed by atoms with Crippen LogP contribution in [0.2, 0.25) is 0 Å². The van der Waals surface area contributed by atoms with Crippen LogP contribution in [0.15, 0.2) is 43.7 Å². The van der Waals surface area contributed by atoms with Crippen LogP contribution in [-0.4, -0.2) is 13.0 Å². The minimum absolute atomic E-state index is 0.122. The van der Waals surface area contributed by atoms with Gasteiger partial charge in [0.15, 0.2) is 0 Å². The van der Waals surface area contributed by atoms with Crippen molar-refractivity contribution in [1.82, 2.24) is 0 Å². The molecule has 0 unspecified atom stereocenters. The quantitative estimate of drug-likeness (QED) is 0.570. The van der Waals surface area contributed by atoms with E-state index in [1.54, 1.807) is 7.11 Å². The molecule has 1 N–H and O–H groups in total. The molecule has 0 aliphatic carbocycles. The van der Waals surface area contributed by atoms with Crippen LogP contribution in [0, 0.1) is 0 Å². The lowest BCUT2D eigenvalue weighted by molar-refractivity contribution is -0.110. The van der Waals surface area contributed by atoms with E-state index in [0.29, 0.717) is 5.57 Å². The van der Waals surface area contributed by atoms with E-state index < -0.39 is 0 Å². The first-order valence-corrected chi connectivity index (χ1v) is 8.73. The van der Waals surface area contributed by atoms with Gasteiger partial charge < -0.3 is 10.1 Å². The van der Waals surface area contributed by atoms with Crippen molar-refractivity contribution in [3.05, 3.63) is 54.9 Å². The predicted octanol–water partition coefficient (Wildman–Crippen LogP) is 5.48.